The average Bonchev–Trinajstić information content (AvgIpc) is 3.15. The van der Waals surface area contributed by atoms with Crippen molar-refractivity contribution in [2.45, 2.75) is 25.2 Å². The van der Waals surface area contributed by atoms with Gasteiger partial charge in [0.15, 0.2) is 0 Å². The lowest BCUT2D eigenvalue weighted by Gasteiger charge is -2.18. The highest BCUT2D eigenvalue weighted by Gasteiger charge is 2.52. The summed E-state index contributed by atoms with van der Waals surface area (Å²) in [7, 11) is 0. The fourth-order valence-corrected chi connectivity index (χ4v) is 3.84. The van der Waals surface area contributed by atoms with Gasteiger partial charge in [0.1, 0.15) is 5.82 Å². The lowest BCUT2D eigenvalue weighted by atomic mass is 9.93. The molecule has 156 valence electrons. The third-order valence-corrected chi connectivity index (χ3v) is 5.66. The Kier molecular flexibility index (Phi) is 4.55. The molecule has 0 spiro atoms. The number of aromatic amines is 1. The molecular weight excluding hydrogens is 421 g/mol. The van der Waals surface area contributed by atoms with Crippen LogP contribution in [0.25, 0.3) is 17.1 Å². The van der Waals surface area contributed by atoms with Gasteiger partial charge in [-0.1, -0.05) is 23.7 Å². The van der Waals surface area contributed by atoms with Crippen LogP contribution in [0.15, 0.2) is 48.8 Å². The van der Waals surface area contributed by atoms with E-state index < -0.39 is 5.41 Å². The molecule has 2 aromatic heterocycles. The van der Waals surface area contributed by atoms with Gasteiger partial charge >= 0.3 is 0 Å². The van der Waals surface area contributed by atoms with Gasteiger partial charge in [-0.05, 0) is 54.8 Å². The second-order valence-electron chi connectivity index (χ2n) is 7.59. The van der Waals surface area contributed by atoms with Crippen molar-refractivity contribution in [2.75, 3.05) is 5.32 Å². The molecule has 2 N–H and O–H groups in total. The molecule has 1 aliphatic carbocycles. The zero-order valence-corrected chi connectivity index (χ0v) is 17.2. The third kappa shape index (κ3) is 3.46. The maximum atomic E-state index is 14.6. The summed E-state index contributed by atoms with van der Waals surface area (Å²) < 4.78 is 16.1. The molecule has 31 heavy (non-hydrogen) atoms. The van der Waals surface area contributed by atoms with Gasteiger partial charge in [-0.3, -0.25) is 4.79 Å². The van der Waals surface area contributed by atoms with Crippen LogP contribution in [0.1, 0.15) is 24.0 Å². The lowest BCUT2D eigenvalue weighted by molar-refractivity contribution is -0.118. The first-order valence-electron chi connectivity index (χ1n) is 9.63. The number of amides is 1. The monoisotopic (exact) mass is 437 g/mol. The number of hydrogen-bond acceptors (Lipinski definition) is 5. The first-order valence-corrected chi connectivity index (χ1v) is 10.0. The maximum Gasteiger partial charge on any atom is 0.235 e. The predicted molar refractivity (Wildman–Crippen MR) is 112 cm³/mol. The van der Waals surface area contributed by atoms with Crippen LogP contribution in [0.4, 0.5) is 10.1 Å². The number of carbonyl (C=O) groups is 1. The van der Waals surface area contributed by atoms with Crippen LogP contribution in [0.2, 0.25) is 5.02 Å². The Balaban J connectivity index is 1.48. The van der Waals surface area contributed by atoms with E-state index in [1.807, 2.05) is 13.0 Å². The highest BCUT2D eigenvalue weighted by molar-refractivity contribution is 6.30. The Morgan fingerprint density at radius 2 is 2.10 bits per heavy atom. The summed E-state index contributed by atoms with van der Waals surface area (Å²) in [4.78, 5) is 13.1. The van der Waals surface area contributed by atoms with Crippen LogP contribution in [0.3, 0.4) is 0 Å². The van der Waals surface area contributed by atoms with Crippen LogP contribution in [0.5, 0.6) is 0 Å². The number of anilines is 1. The van der Waals surface area contributed by atoms with Gasteiger partial charge in [0.05, 0.1) is 27.9 Å². The number of H-pyrrole nitrogens is 1. The van der Waals surface area contributed by atoms with Crippen molar-refractivity contribution in [3.05, 3.63) is 70.8 Å². The molecule has 0 aliphatic heterocycles. The van der Waals surface area contributed by atoms with Crippen LogP contribution < -0.4 is 5.32 Å². The molecule has 8 nitrogen and oxygen atoms in total. The number of nitrogens with zero attached hydrogens (tertiary/aromatic N) is 5. The van der Waals surface area contributed by atoms with E-state index in [1.54, 1.807) is 35.1 Å². The molecule has 1 amide bonds. The number of halogens is 2. The molecule has 0 unspecified atom stereocenters. The Bertz CT molecular complexity index is 1280. The van der Waals surface area contributed by atoms with E-state index in [9.17, 15) is 9.18 Å². The van der Waals surface area contributed by atoms with Gasteiger partial charge < -0.3 is 5.32 Å². The van der Waals surface area contributed by atoms with Crippen molar-refractivity contribution in [3.8, 4) is 17.1 Å². The molecular formula is C21H17ClFN7O. The molecule has 4 aromatic rings. The minimum absolute atomic E-state index is 0.246. The summed E-state index contributed by atoms with van der Waals surface area (Å²) in [6, 6.07) is 10.2. The van der Waals surface area contributed by atoms with Crippen LogP contribution >= 0.6 is 11.6 Å². The van der Waals surface area contributed by atoms with Crippen molar-refractivity contribution in [2.24, 2.45) is 0 Å². The minimum Gasteiger partial charge on any atom is -0.325 e. The van der Waals surface area contributed by atoms with Crippen molar-refractivity contribution in [1.82, 2.24) is 30.4 Å². The third-order valence-electron chi connectivity index (χ3n) is 5.46. The highest BCUT2D eigenvalue weighted by Crippen LogP contribution is 2.50. The Labute approximate surface area is 181 Å². The summed E-state index contributed by atoms with van der Waals surface area (Å²) in [5, 5.41) is 21.8. The number of tetrazole rings is 1. The number of carbonyl (C=O) groups excluding carboxylic acids is 1. The van der Waals surface area contributed by atoms with E-state index in [2.05, 4.69) is 31.0 Å². The molecule has 10 heteroatoms. The van der Waals surface area contributed by atoms with Gasteiger partial charge in [0, 0.05) is 17.4 Å². The molecule has 1 aliphatic rings. The summed E-state index contributed by atoms with van der Waals surface area (Å²) >= 11 is 6.00. The number of rotatable bonds is 5. The molecule has 0 saturated heterocycles. The summed E-state index contributed by atoms with van der Waals surface area (Å²) in [5.41, 5.74) is 2.19. The standard InChI is InChI=1S/C21H17ClFN7O/c1-12-2-4-16(17(23)8-12)21(6-7-21)20(31)25-14-3-5-18(30-11-13(22)10-24-30)15(9-14)19-26-28-29-27-19/h2-5,8-11H,6-7H2,1H3,(H,25,31)(H,26,27,28,29). The second kappa shape index (κ2) is 7.28. The largest absolute Gasteiger partial charge is 0.325 e. The SMILES string of the molecule is Cc1ccc(C2(C(=O)Nc3ccc(-n4cc(Cl)cn4)c(-c4nn[nH]n4)c3)CC2)c(F)c1. The molecule has 0 radical (unpaired) electrons. The quantitative estimate of drug-likeness (QED) is 0.494. The Morgan fingerprint density at radius 3 is 2.74 bits per heavy atom. The molecule has 2 heterocycles. The van der Waals surface area contributed by atoms with E-state index in [4.69, 9.17) is 11.6 Å². The van der Waals surface area contributed by atoms with Gasteiger partial charge in [-0.2, -0.15) is 10.3 Å². The van der Waals surface area contributed by atoms with E-state index in [1.165, 1.54) is 12.3 Å². The topological polar surface area (TPSA) is 101 Å². The number of aryl methyl sites for hydroxylation is 1. The van der Waals surface area contributed by atoms with Crippen molar-refractivity contribution >= 4 is 23.2 Å². The zero-order chi connectivity index (χ0) is 21.6. The second-order valence-corrected chi connectivity index (χ2v) is 8.03. The maximum absolute atomic E-state index is 14.6. The molecule has 1 fully saturated rings. The van der Waals surface area contributed by atoms with Gasteiger partial charge in [0.2, 0.25) is 11.7 Å². The van der Waals surface area contributed by atoms with Crippen molar-refractivity contribution in [1.29, 1.82) is 0 Å². The molecule has 1 saturated carbocycles. The van der Waals surface area contributed by atoms with E-state index in [0.29, 0.717) is 46.2 Å². The zero-order valence-electron chi connectivity index (χ0n) is 16.4. The summed E-state index contributed by atoms with van der Waals surface area (Å²) in [6.45, 7) is 1.82. The fourth-order valence-electron chi connectivity index (χ4n) is 3.70. The highest BCUT2D eigenvalue weighted by atomic mass is 35.5. The van der Waals surface area contributed by atoms with E-state index in [0.717, 1.165) is 5.56 Å². The van der Waals surface area contributed by atoms with E-state index in [-0.39, 0.29) is 11.7 Å². The Hall–Kier alpha value is -3.59. The Morgan fingerprint density at radius 1 is 1.26 bits per heavy atom. The lowest BCUT2D eigenvalue weighted by Crippen LogP contribution is -2.28. The van der Waals surface area contributed by atoms with Gasteiger partial charge in [-0.25, -0.2) is 9.07 Å². The predicted octanol–water partition coefficient (Wildman–Crippen LogP) is 3.82. The molecule has 5 rings (SSSR count). The molecule has 2 aromatic carbocycles. The van der Waals surface area contributed by atoms with E-state index >= 15 is 0 Å². The number of nitrogens with one attached hydrogen (secondary N) is 2. The fraction of sp³-hybridized carbons (Fsp3) is 0.190. The molecule has 0 atom stereocenters. The minimum atomic E-state index is -0.849. The van der Waals surface area contributed by atoms with Gasteiger partial charge in [0.25, 0.3) is 0 Å². The smallest absolute Gasteiger partial charge is 0.235 e. The van der Waals surface area contributed by atoms with Crippen LogP contribution in [0, 0.1) is 12.7 Å². The number of benzene rings is 2. The molecule has 0 bridgehead atoms. The normalized spacial score (nSPS) is 14.4. The summed E-state index contributed by atoms with van der Waals surface area (Å²) in [6.07, 6.45) is 4.36. The average molecular weight is 438 g/mol. The first kappa shape index (κ1) is 19.4. The summed E-state index contributed by atoms with van der Waals surface area (Å²) in [5.74, 6) is -0.265. The number of hydrogen-bond donors (Lipinski definition) is 2. The van der Waals surface area contributed by atoms with Gasteiger partial charge in [-0.15, -0.1) is 10.2 Å². The van der Waals surface area contributed by atoms with Crippen LogP contribution in [-0.2, 0) is 10.2 Å². The first-order chi connectivity index (χ1) is 15.0. The number of aromatic nitrogens is 6. The van der Waals surface area contributed by atoms with Crippen molar-refractivity contribution in [3.63, 3.8) is 0 Å². The van der Waals surface area contributed by atoms with Crippen molar-refractivity contribution < 1.29 is 9.18 Å². The van der Waals surface area contributed by atoms with Crippen LogP contribution in [-0.4, -0.2) is 36.3 Å².